The quantitative estimate of drug-likeness (QED) is 0.722. The predicted octanol–water partition coefficient (Wildman–Crippen LogP) is 2.29. The number of aliphatic hydroxyl groups is 1. The van der Waals surface area contributed by atoms with Gasteiger partial charge in [-0.25, -0.2) is 0 Å². The van der Waals surface area contributed by atoms with Crippen molar-refractivity contribution in [2.24, 2.45) is 0 Å². The number of hydrogen-bond acceptors (Lipinski definition) is 2. The molecular weight excluding hydrogens is 198 g/mol. The van der Waals surface area contributed by atoms with Gasteiger partial charge >= 0.3 is 0 Å². The average molecular weight is 221 g/mol. The second-order valence-corrected chi connectivity index (χ2v) is 4.99. The summed E-state index contributed by atoms with van der Waals surface area (Å²) < 4.78 is 0. The van der Waals surface area contributed by atoms with E-state index in [2.05, 4.69) is 36.5 Å². The Morgan fingerprint density at radius 3 is 2.50 bits per heavy atom. The van der Waals surface area contributed by atoms with Crippen LogP contribution in [0.5, 0.6) is 0 Å². The summed E-state index contributed by atoms with van der Waals surface area (Å²) in [6.07, 6.45) is 1.85. The zero-order valence-corrected chi connectivity index (χ0v) is 10.6. The minimum Gasteiger partial charge on any atom is -0.390 e. The average Bonchev–Trinajstić information content (AvgIpc) is 2.18. The molecule has 1 aromatic rings. The summed E-state index contributed by atoms with van der Waals surface area (Å²) in [5, 5.41) is 12.9. The summed E-state index contributed by atoms with van der Waals surface area (Å²) in [6, 6.07) is 8.47. The molecule has 2 heteroatoms. The van der Waals surface area contributed by atoms with Crippen LogP contribution in [0.25, 0.3) is 0 Å². The van der Waals surface area contributed by atoms with Crippen LogP contribution in [0.1, 0.15) is 31.4 Å². The Hall–Kier alpha value is -0.860. The highest BCUT2D eigenvalue weighted by Crippen LogP contribution is 2.07. The molecule has 0 saturated carbocycles. The summed E-state index contributed by atoms with van der Waals surface area (Å²) in [5.41, 5.74) is 2.19. The first-order valence-corrected chi connectivity index (χ1v) is 5.97. The Morgan fingerprint density at radius 2 is 1.88 bits per heavy atom. The van der Waals surface area contributed by atoms with E-state index >= 15 is 0 Å². The molecule has 0 radical (unpaired) electrons. The minimum absolute atomic E-state index is 0.560. The van der Waals surface area contributed by atoms with Crippen molar-refractivity contribution in [1.82, 2.24) is 5.32 Å². The lowest BCUT2D eigenvalue weighted by Crippen LogP contribution is -2.27. The van der Waals surface area contributed by atoms with Crippen molar-refractivity contribution in [2.75, 3.05) is 13.1 Å². The molecule has 0 saturated heterocycles. The Kier molecular flexibility index (Phi) is 4.97. The van der Waals surface area contributed by atoms with Gasteiger partial charge in [0.1, 0.15) is 0 Å². The van der Waals surface area contributed by atoms with E-state index in [0.29, 0.717) is 0 Å². The maximum absolute atomic E-state index is 9.54. The topological polar surface area (TPSA) is 32.3 Å². The third-order valence-corrected chi connectivity index (χ3v) is 2.75. The smallest absolute Gasteiger partial charge is 0.0603 e. The van der Waals surface area contributed by atoms with Crippen LogP contribution in [0.3, 0.4) is 0 Å². The molecule has 0 bridgehead atoms. The fourth-order valence-corrected chi connectivity index (χ4v) is 1.63. The first kappa shape index (κ1) is 13.2. The summed E-state index contributed by atoms with van der Waals surface area (Å²) in [4.78, 5) is 0. The highest BCUT2D eigenvalue weighted by Gasteiger charge is 2.10. The summed E-state index contributed by atoms with van der Waals surface area (Å²) in [7, 11) is 0. The zero-order chi connectivity index (χ0) is 12.0. The number of aryl methyl sites for hydroxylation is 1. The maximum atomic E-state index is 9.54. The minimum atomic E-state index is -0.560. The molecule has 0 heterocycles. The van der Waals surface area contributed by atoms with Crippen LogP contribution in [-0.4, -0.2) is 23.8 Å². The molecule has 0 aliphatic rings. The van der Waals surface area contributed by atoms with E-state index in [1.165, 1.54) is 11.1 Å². The highest BCUT2D eigenvalue weighted by molar-refractivity contribution is 5.25. The Labute approximate surface area is 98.7 Å². The van der Waals surface area contributed by atoms with Crippen LogP contribution >= 0.6 is 0 Å². The van der Waals surface area contributed by atoms with Gasteiger partial charge in [-0.15, -0.1) is 0 Å². The summed E-state index contributed by atoms with van der Waals surface area (Å²) >= 11 is 0. The molecule has 0 aromatic heterocycles. The Bertz CT molecular complexity index is 315. The fraction of sp³-hybridized carbons (Fsp3) is 0.571. The van der Waals surface area contributed by atoms with Gasteiger partial charge in [0, 0.05) is 0 Å². The van der Waals surface area contributed by atoms with E-state index in [1.54, 1.807) is 0 Å². The second-order valence-electron chi connectivity index (χ2n) is 4.99. The van der Waals surface area contributed by atoms with Gasteiger partial charge in [0.05, 0.1) is 5.60 Å². The fourth-order valence-electron chi connectivity index (χ4n) is 1.63. The summed E-state index contributed by atoms with van der Waals surface area (Å²) in [5.74, 6) is 0. The molecule has 2 N–H and O–H groups in total. The molecule has 0 atom stereocenters. The van der Waals surface area contributed by atoms with Gasteiger partial charge in [0.25, 0.3) is 0 Å². The largest absolute Gasteiger partial charge is 0.390 e. The lowest BCUT2D eigenvalue weighted by atomic mass is 10.0. The molecule has 0 fully saturated rings. The van der Waals surface area contributed by atoms with Gasteiger partial charge in [-0.3, -0.25) is 0 Å². The molecule has 0 spiro atoms. The molecule has 0 amide bonds. The molecule has 1 aromatic carbocycles. The van der Waals surface area contributed by atoms with Gasteiger partial charge < -0.3 is 10.4 Å². The van der Waals surface area contributed by atoms with Gasteiger partial charge in [-0.1, -0.05) is 24.3 Å². The van der Waals surface area contributed by atoms with Crippen molar-refractivity contribution in [3.63, 3.8) is 0 Å². The number of nitrogens with one attached hydrogen (secondary N) is 1. The Balaban J connectivity index is 2.19. The van der Waals surface area contributed by atoms with E-state index in [-0.39, 0.29) is 0 Å². The van der Waals surface area contributed by atoms with Crippen LogP contribution in [0.4, 0.5) is 0 Å². The number of rotatable bonds is 6. The first-order valence-electron chi connectivity index (χ1n) is 5.97. The lowest BCUT2D eigenvalue weighted by Gasteiger charge is -2.17. The predicted molar refractivity (Wildman–Crippen MR) is 68.7 cm³/mol. The van der Waals surface area contributed by atoms with Gasteiger partial charge in [0.2, 0.25) is 0 Å². The molecule has 90 valence electrons. The molecule has 0 aliphatic carbocycles. The second kappa shape index (κ2) is 6.02. The monoisotopic (exact) mass is 221 g/mol. The highest BCUT2D eigenvalue weighted by atomic mass is 16.3. The van der Waals surface area contributed by atoms with Crippen LogP contribution in [0.15, 0.2) is 24.3 Å². The van der Waals surface area contributed by atoms with E-state index in [1.807, 2.05) is 13.8 Å². The molecule has 0 aliphatic heterocycles. The van der Waals surface area contributed by atoms with E-state index in [0.717, 1.165) is 25.9 Å². The lowest BCUT2D eigenvalue weighted by molar-refractivity contribution is 0.0713. The van der Waals surface area contributed by atoms with Gasteiger partial charge in [-0.05, 0) is 57.8 Å². The van der Waals surface area contributed by atoms with Crippen molar-refractivity contribution in [3.05, 3.63) is 35.4 Å². The molecule has 2 nitrogen and oxygen atoms in total. The summed E-state index contributed by atoms with van der Waals surface area (Å²) in [6.45, 7) is 7.68. The van der Waals surface area contributed by atoms with Crippen molar-refractivity contribution in [1.29, 1.82) is 0 Å². The first-order chi connectivity index (χ1) is 7.49. The van der Waals surface area contributed by atoms with Crippen LogP contribution in [0, 0.1) is 6.92 Å². The molecule has 0 unspecified atom stereocenters. The van der Waals surface area contributed by atoms with Crippen LogP contribution in [0.2, 0.25) is 0 Å². The third-order valence-electron chi connectivity index (χ3n) is 2.75. The zero-order valence-electron chi connectivity index (χ0n) is 10.6. The van der Waals surface area contributed by atoms with E-state index in [9.17, 15) is 5.11 Å². The van der Waals surface area contributed by atoms with Gasteiger partial charge in [-0.2, -0.15) is 0 Å². The molecule has 1 rings (SSSR count). The maximum Gasteiger partial charge on any atom is 0.0603 e. The van der Waals surface area contributed by atoms with E-state index < -0.39 is 5.60 Å². The normalized spacial score (nSPS) is 11.8. The van der Waals surface area contributed by atoms with Crippen LogP contribution in [-0.2, 0) is 6.42 Å². The molecule has 16 heavy (non-hydrogen) atoms. The van der Waals surface area contributed by atoms with Crippen molar-refractivity contribution < 1.29 is 5.11 Å². The van der Waals surface area contributed by atoms with Crippen molar-refractivity contribution in [2.45, 2.75) is 39.2 Å². The third kappa shape index (κ3) is 5.29. The number of hydrogen-bond donors (Lipinski definition) is 2. The SMILES string of the molecule is Cc1ccccc1CCNCCC(C)(C)O. The van der Waals surface area contributed by atoms with Crippen molar-refractivity contribution >= 4 is 0 Å². The standard InChI is InChI=1S/C14H23NO/c1-12-6-4-5-7-13(12)8-10-15-11-9-14(2,3)16/h4-7,15-16H,8-11H2,1-3H3. The number of benzene rings is 1. The van der Waals surface area contributed by atoms with E-state index in [4.69, 9.17) is 0 Å². The van der Waals surface area contributed by atoms with Gasteiger partial charge in [0.15, 0.2) is 0 Å². The van der Waals surface area contributed by atoms with Crippen LogP contribution < -0.4 is 5.32 Å². The Morgan fingerprint density at radius 1 is 1.19 bits per heavy atom. The van der Waals surface area contributed by atoms with Crippen molar-refractivity contribution in [3.8, 4) is 0 Å². The molecular formula is C14H23NO.